The van der Waals surface area contributed by atoms with Crippen LogP contribution in [0.4, 0.5) is 5.82 Å². The van der Waals surface area contributed by atoms with Gasteiger partial charge in [0.1, 0.15) is 5.82 Å². The first kappa shape index (κ1) is 12.8. The van der Waals surface area contributed by atoms with Crippen LogP contribution in [0.3, 0.4) is 0 Å². The fourth-order valence-electron chi connectivity index (χ4n) is 1.99. The van der Waals surface area contributed by atoms with Crippen LogP contribution in [-0.4, -0.2) is 47.0 Å². The zero-order valence-corrected chi connectivity index (χ0v) is 10.9. The van der Waals surface area contributed by atoms with E-state index in [0.29, 0.717) is 13.1 Å². The highest BCUT2D eigenvalue weighted by molar-refractivity contribution is 7.80. The van der Waals surface area contributed by atoms with Gasteiger partial charge < -0.3 is 15.5 Å². The second kappa shape index (κ2) is 5.77. The van der Waals surface area contributed by atoms with E-state index in [4.69, 9.17) is 18.0 Å². The molecule has 1 fully saturated rings. The molecule has 2 rings (SSSR count). The fraction of sp³-hybridized carbons (Fsp3) is 0.417. The number of rotatable bonds is 3. The number of pyridine rings is 1. The number of piperazine rings is 1. The van der Waals surface area contributed by atoms with Crippen molar-refractivity contribution < 1.29 is 4.79 Å². The van der Waals surface area contributed by atoms with Gasteiger partial charge in [0.15, 0.2) is 0 Å². The molecular weight excluding hydrogens is 248 g/mol. The van der Waals surface area contributed by atoms with Gasteiger partial charge in [0.2, 0.25) is 5.91 Å². The molecule has 1 saturated heterocycles. The molecule has 0 bridgehead atoms. The third-order valence-corrected chi connectivity index (χ3v) is 3.08. The summed E-state index contributed by atoms with van der Waals surface area (Å²) in [5.74, 6) is 0.974. The van der Waals surface area contributed by atoms with E-state index >= 15 is 0 Å². The lowest BCUT2D eigenvalue weighted by molar-refractivity contribution is -0.130. The Hall–Kier alpha value is -1.69. The minimum atomic E-state index is 0.0168. The minimum Gasteiger partial charge on any atom is -0.393 e. The smallest absolute Gasteiger partial charge is 0.229 e. The van der Waals surface area contributed by atoms with E-state index in [1.807, 2.05) is 18.2 Å². The van der Waals surface area contributed by atoms with Gasteiger partial charge in [-0.15, -0.1) is 0 Å². The van der Waals surface area contributed by atoms with Gasteiger partial charge in [-0.25, -0.2) is 4.98 Å². The largest absolute Gasteiger partial charge is 0.393 e. The zero-order valence-electron chi connectivity index (χ0n) is 10.1. The standard InChI is InChI=1S/C12H16N4OS/c13-10(18)9-12(17)16-7-5-15(6-8-16)11-3-1-2-4-14-11/h1-4H,5-9H2,(H2,13,18). The number of hydrogen-bond donors (Lipinski definition) is 1. The van der Waals surface area contributed by atoms with E-state index < -0.39 is 0 Å². The molecule has 96 valence electrons. The summed E-state index contributed by atoms with van der Waals surface area (Å²) < 4.78 is 0. The monoisotopic (exact) mass is 264 g/mol. The van der Waals surface area contributed by atoms with Crippen molar-refractivity contribution in [1.29, 1.82) is 0 Å². The first-order valence-electron chi connectivity index (χ1n) is 5.89. The Morgan fingerprint density at radius 1 is 1.33 bits per heavy atom. The highest BCUT2D eigenvalue weighted by Crippen LogP contribution is 2.12. The first-order chi connectivity index (χ1) is 8.66. The van der Waals surface area contributed by atoms with Crippen molar-refractivity contribution in [3.05, 3.63) is 24.4 Å². The molecule has 0 saturated carbocycles. The highest BCUT2D eigenvalue weighted by atomic mass is 32.1. The number of thiocarbonyl (C=S) groups is 1. The Labute approximate surface area is 112 Å². The molecule has 0 aromatic carbocycles. The maximum absolute atomic E-state index is 11.8. The number of aromatic nitrogens is 1. The normalized spacial score (nSPS) is 15.6. The summed E-state index contributed by atoms with van der Waals surface area (Å²) in [5, 5.41) is 0. The molecule has 2 N–H and O–H groups in total. The minimum absolute atomic E-state index is 0.0168. The number of carbonyl (C=O) groups excluding carboxylic acids is 1. The molecule has 0 atom stereocenters. The molecule has 1 amide bonds. The second-order valence-corrected chi connectivity index (χ2v) is 4.72. The van der Waals surface area contributed by atoms with Gasteiger partial charge >= 0.3 is 0 Å². The summed E-state index contributed by atoms with van der Waals surface area (Å²) in [6.07, 6.45) is 1.94. The molecule has 18 heavy (non-hydrogen) atoms. The van der Waals surface area contributed by atoms with E-state index in [0.717, 1.165) is 18.9 Å². The number of carbonyl (C=O) groups is 1. The molecule has 0 unspecified atom stereocenters. The number of nitrogens with two attached hydrogens (primary N) is 1. The average Bonchev–Trinajstić information content (AvgIpc) is 2.39. The van der Waals surface area contributed by atoms with Crippen molar-refractivity contribution in [2.45, 2.75) is 6.42 Å². The van der Waals surface area contributed by atoms with Crippen LogP contribution in [-0.2, 0) is 4.79 Å². The number of hydrogen-bond acceptors (Lipinski definition) is 4. The van der Waals surface area contributed by atoms with Gasteiger partial charge in [0.25, 0.3) is 0 Å². The zero-order chi connectivity index (χ0) is 13.0. The van der Waals surface area contributed by atoms with Crippen LogP contribution in [0, 0.1) is 0 Å². The maximum Gasteiger partial charge on any atom is 0.229 e. The molecule has 0 radical (unpaired) electrons. The molecule has 5 nitrogen and oxygen atoms in total. The predicted molar refractivity (Wildman–Crippen MR) is 74.4 cm³/mol. The van der Waals surface area contributed by atoms with E-state index in [1.165, 1.54) is 0 Å². The molecule has 1 aromatic heterocycles. The average molecular weight is 264 g/mol. The second-order valence-electron chi connectivity index (χ2n) is 4.20. The van der Waals surface area contributed by atoms with Crippen LogP contribution in [0.1, 0.15) is 6.42 Å². The van der Waals surface area contributed by atoms with E-state index in [1.54, 1.807) is 11.1 Å². The van der Waals surface area contributed by atoms with Crippen LogP contribution in [0.5, 0.6) is 0 Å². The predicted octanol–water partition coefficient (Wildman–Crippen LogP) is 0.406. The van der Waals surface area contributed by atoms with Gasteiger partial charge in [-0.05, 0) is 12.1 Å². The Morgan fingerprint density at radius 3 is 2.61 bits per heavy atom. The topological polar surface area (TPSA) is 62.5 Å². The summed E-state index contributed by atoms with van der Waals surface area (Å²) in [5.41, 5.74) is 5.38. The molecule has 0 aliphatic carbocycles. The van der Waals surface area contributed by atoms with E-state index in [-0.39, 0.29) is 17.3 Å². The van der Waals surface area contributed by atoms with Gasteiger partial charge in [-0.2, -0.15) is 0 Å². The maximum atomic E-state index is 11.8. The Kier molecular flexibility index (Phi) is 4.09. The van der Waals surface area contributed by atoms with Crippen LogP contribution in [0.15, 0.2) is 24.4 Å². The number of amides is 1. The highest BCUT2D eigenvalue weighted by Gasteiger charge is 2.21. The van der Waals surface area contributed by atoms with E-state index in [9.17, 15) is 4.79 Å². The van der Waals surface area contributed by atoms with Gasteiger partial charge in [0, 0.05) is 32.4 Å². The lowest BCUT2D eigenvalue weighted by Gasteiger charge is -2.35. The summed E-state index contributed by atoms with van der Waals surface area (Å²) in [6, 6.07) is 5.84. The summed E-state index contributed by atoms with van der Waals surface area (Å²) in [7, 11) is 0. The van der Waals surface area contributed by atoms with Crippen LogP contribution >= 0.6 is 12.2 Å². The Balaban J connectivity index is 1.88. The lowest BCUT2D eigenvalue weighted by atomic mass is 10.2. The van der Waals surface area contributed by atoms with Gasteiger partial charge in [-0.1, -0.05) is 18.3 Å². The summed E-state index contributed by atoms with van der Waals surface area (Å²) in [6.45, 7) is 2.97. The van der Waals surface area contributed by atoms with E-state index in [2.05, 4.69) is 9.88 Å². The fourth-order valence-corrected chi connectivity index (χ4v) is 2.11. The summed E-state index contributed by atoms with van der Waals surface area (Å²) >= 11 is 4.75. The first-order valence-corrected chi connectivity index (χ1v) is 6.29. The van der Waals surface area contributed by atoms with Gasteiger partial charge in [0.05, 0.1) is 11.4 Å². The quantitative estimate of drug-likeness (QED) is 0.801. The lowest BCUT2D eigenvalue weighted by Crippen LogP contribution is -2.49. The third-order valence-electron chi connectivity index (χ3n) is 2.93. The molecule has 1 aromatic rings. The van der Waals surface area contributed by atoms with Crippen LogP contribution < -0.4 is 10.6 Å². The van der Waals surface area contributed by atoms with Crippen molar-refractivity contribution >= 4 is 28.9 Å². The van der Waals surface area contributed by atoms with Crippen LogP contribution in [0.25, 0.3) is 0 Å². The van der Waals surface area contributed by atoms with Gasteiger partial charge in [-0.3, -0.25) is 4.79 Å². The molecule has 1 aliphatic heterocycles. The molecule has 2 heterocycles. The third kappa shape index (κ3) is 3.16. The van der Waals surface area contributed by atoms with Crippen molar-refractivity contribution in [3.8, 4) is 0 Å². The van der Waals surface area contributed by atoms with Crippen molar-refractivity contribution in [2.75, 3.05) is 31.1 Å². The Bertz CT molecular complexity index is 429. The molecule has 6 heteroatoms. The van der Waals surface area contributed by atoms with Crippen molar-refractivity contribution in [2.24, 2.45) is 5.73 Å². The summed E-state index contributed by atoms with van der Waals surface area (Å²) in [4.78, 5) is 20.3. The Morgan fingerprint density at radius 2 is 2.06 bits per heavy atom. The van der Waals surface area contributed by atoms with Crippen molar-refractivity contribution in [1.82, 2.24) is 9.88 Å². The molecule has 0 spiro atoms. The SMILES string of the molecule is NC(=S)CC(=O)N1CCN(c2ccccn2)CC1. The molecular formula is C12H16N4OS. The number of anilines is 1. The molecule has 1 aliphatic rings. The number of nitrogens with zero attached hydrogens (tertiary/aromatic N) is 3. The van der Waals surface area contributed by atoms with Crippen molar-refractivity contribution in [3.63, 3.8) is 0 Å². The van der Waals surface area contributed by atoms with Crippen LogP contribution in [0.2, 0.25) is 0 Å².